The number of hydrogen-bond donors (Lipinski definition) is 0. The number of halogens is 1. The molecule has 6 aliphatic rings. The Hall–Kier alpha value is 1.01. The number of benzene rings is 2. The fourth-order valence-electron chi connectivity index (χ4n) is 5.57. The van der Waals surface area contributed by atoms with Gasteiger partial charge in [-0.05, 0) is 88.2 Å². The molecule has 0 amide bonds. The van der Waals surface area contributed by atoms with Crippen molar-refractivity contribution in [2.24, 2.45) is 0 Å². The van der Waals surface area contributed by atoms with Crippen molar-refractivity contribution in [2.75, 3.05) is 34.5 Å². The van der Waals surface area contributed by atoms with Crippen LogP contribution in [0.1, 0.15) is 49.9 Å². The molecule has 0 spiro atoms. The van der Waals surface area contributed by atoms with E-state index in [1.165, 1.54) is 66.6 Å². The summed E-state index contributed by atoms with van der Waals surface area (Å²) in [5.41, 5.74) is 8.53. The van der Waals surface area contributed by atoms with Crippen LogP contribution in [0.4, 0.5) is 0 Å². The lowest BCUT2D eigenvalue weighted by molar-refractivity contribution is 0.998. The van der Waals surface area contributed by atoms with Gasteiger partial charge in [-0.25, -0.2) is 0 Å². The van der Waals surface area contributed by atoms with Crippen LogP contribution in [0, 0.1) is 0 Å². The van der Waals surface area contributed by atoms with E-state index >= 15 is 0 Å². The predicted molar refractivity (Wildman–Crippen MR) is 215 cm³/mol. The molecule has 0 aromatic heterocycles. The number of hydrogen-bond acceptors (Lipinski definition) is 8. The minimum Gasteiger partial charge on any atom is -0.156 e. The van der Waals surface area contributed by atoms with Crippen molar-refractivity contribution in [3.8, 4) is 0 Å². The van der Waals surface area contributed by atoms with E-state index in [9.17, 15) is 0 Å². The zero-order valence-electron chi connectivity index (χ0n) is 25.6. The van der Waals surface area contributed by atoms with Gasteiger partial charge < -0.3 is 0 Å². The van der Waals surface area contributed by atoms with Gasteiger partial charge in [-0.2, -0.15) is 23.5 Å². The highest BCUT2D eigenvalue weighted by atomic mass is 35.5. The maximum absolute atomic E-state index is 7.10. The van der Waals surface area contributed by atoms with Crippen molar-refractivity contribution in [1.29, 1.82) is 0 Å². The first-order valence-electron chi connectivity index (χ1n) is 15.4. The molecule has 43 heavy (non-hydrogen) atoms. The van der Waals surface area contributed by atoms with Gasteiger partial charge in [0, 0.05) is 35.5 Å². The topological polar surface area (TPSA) is 0 Å². The third-order valence-electron chi connectivity index (χ3n) is 7.61. The van der Waals surface area contributed by atoms with Crippen LogP contribution in [0.15, 0.2) is 62.1 Å². The normalized spacial score (nSPS) is 28.3. The van der Waals surface area contributed by atoms with Crippen molar-refractivity contribution >= 4 is 106 Å². The number of thioether (sulfide) groups is 8. The molecule has 0 nitrogen and oxygen atoms in total. The molecule has 4 unspecified atom stereocenters. The zero-order valence-corrected chi connectivity index (χ0v) is 32.9. The molecule has 4 bridgehead atoms. The van der Waals surface area contributed by atoms with E-state index in [1.54, 1.807) is 9.81 Å². The molecule has 2 heterocycles. The van der Waals surface area contributed by atoms with Gasteiger partial charge in [0.2, 0.25) is 0 Å². The maximum Gasteiger partial charge on any atom is 0.0681 e. The van der Waals surface area contributed by atoms with Gasteiger partial charge in [0.25, 0.3) is 0 Å². The molecule has 2 aromatic rings. The summed E-state index contributed by atoms with van der Waals surface area (Å²) in [5.74, 6) is 7.16. The maximum atomic E-state index is 7.10. The summed E-state index contributed by atoms with van der Waals surface area (Å²) in [6, 6.07) is 16.5. The second-order valence-corrected chi connectivity index (χ2v) is 22.5. The smallest absolute Gasteiger partial charge is 0.0681 e. The van der Waals surface area contributed by atoms with Crippen molar-refractivity contribution in [2.45, 2.75) is 73.0 Å². The van der Waals surface area contributed by atoms with E-state index in [-0.39, 0.29) is 0 Å². The van der Waals surface area contributed by atoms with E-state index in [0.717, 1.165) is 36.0 Å². The Bertz CT molecular complexity index is 1270. The van der Waals surface area contributed by atoms with Gasteiger partial charge in [0.05, 0.1) is 9.16 Å². The highest BCUT2D eigenvalue weighted by Crippen LogP contribution is 2.51. The third-order valence-corrected chi connectivity index (χ3v) is 20.4. The van der Waals surface area contributed by atoms with Crippen molar-refractivity contribution in [3.63, 3.8) is 0 Å². The lowest BCUT2D eigenvalue weighted by Crippen LogP contribution is -2.24. The Morgan fingerprint density at radius 2 is 1.05 bits per heavy atom. The molecule has 2 aliphatic heterocycles. The third kappa shape index (κ3) is 9.78. The molecule has 0 N–H and O–H groups in total. The molecule has 4 atom stereocenters. The highest BCUT2D eigenvalue weighted by Gasteiger charge is 2.32. The lowest BCUT2D eigenvalue weighted by atomic mass is 9.93. The summed E-state index contributed by atoms with van der Waals surface area (Å²) in [7, 11) is 0. The van der Waals surface area contributed by atoms with Gasteiger partial charge in [0.15, 0.2) is 0 Å². The molecular weight excluding hydrogens is 700 g/mol. The second kappa shape index (κ2) is 18.0. The standard InChI is InChI=1S/C34H43ClS8/c1-5-36-29-20-40-31(42-33(29)38-7-3)26-15-22-9-11-23(12-10-22)16-27(19-25-14-13-24(17-26)18-28(25)35)32-41-21-30(37-6-2)34(43-32)39-8-4/h9-14,18,29-30,33-34H,5-8,15-17,19-21H2,1-4H3/b31-26-,32-27-. The van der Waals surface area contributed by atoms with Gasteiger partial charge in [-0.1, -0.05) is 75.7 Å². The summed E-state index contributed by atoms with van der Waals surface area (Å²) in [5, 5.41) is 2.36. The van der Waals surface area contributed by atoms with E-state index in [2.05, 4.69) is 164 Å². The molecule has 0 saturated carbocycles. The fourth-order valence-corrected chi connectivity index (χ4v) is 18.8. The number of allylic oxidation sites excluding steroid dienone is 2. The SMILES string of the molecule is CCSC1CS/C(=C2\Cc3ccc(cc3)C/C(=C3\SCC(SCC)C(SCC)S3)Cc3ccc(cc3Cl)C2)SC1SCC. The summed E-state index contributed by atoms with van der Waals surface area (Å²) < 4.78 is 4.34. The molecule has 2 aromatic carbocycles. The van der Waals surface area contributed by atoms with Crippen LogP contribution in [-0.2, 0) is 25.7 Å². The summed E-state index contributed by atoms with van der Waals surface area (Å²) >= 11 is 24.1. The van der Waals surface area contributed by atoms with Crippen LogP contribution in [0.3, 0.4) is 0 Å². The molecule has 8 rings (SSSR count). The van der Waals surface area contributed by atoms with Crippen molar-refractivity contribution in [1.82, 2.24) is 0 Å². The molecule has 234 valence electrons. The minimum atomic E-state index is 0.625. The van der Waals surface area contributed by atoms with Crippen LogP contribution < -0.4 is 0 Å². The number of rotatable bonds is 8. The molecule has 0 radical (unpaired) electrons. The summed E-state index contributed by atoms with van der Waals surface area (Å²) in [4.78, 5) is 0. The molecule has 4 aliphatic carbocycles. The second-order valence-electron chi connectivity index (χ2n) is 10.7. The largest absolute Gasteiger partial charge is 0.156 e. The van der Waals surface area contributed by atoms with E-state index in [0.29, 0.717) is 14.4 Å². The van der Waals surface area contributed by atoms with Crippen molar-refractivity contribution < 1.29 is 0 Å². The van der Waals surface area contributed by atoms with Crippen LogP contribution in [0.2, 0.25) is 5.02 Å². The van der Waals surface area contributed by atoms with Crippen LogP contribution in [0.25, 0.3) is 0 Å². The van der Waals surface area contributed by atoms with Gasteiger partial charge in [-0.3, -0.25) is 0 Å². The molecule has 2 fully saturated rings. The lowest BCUT2D eigenvalue weighted by Gasteiger charge is -2.32. The zero-order chi connectivity index (χ0) is 30.2. The molecule has 9 heteroatoms. The Kier molecular flexibility index (Phi) is 14.8. The highest BCUT2D eigenvalue weighted by molar-refractivity contribution is 8.30. The first kappa shape index (κ1) is 35.3. The first-order chi connectivity index (χ1) is 21.0. The first-order valence-corrected chi connectivity index (χ1v) is 23.7. The Labute approximate surface area is 299 Å². The van der Waals surface area contributed by atoms with Crippen molar-refractivity contribution in [3.05, 3.63) is 89.4 Å². The van der Waals surface area contributed by atoms with Crippen LogP contribution >= 0.6 is 106 Å². The average Bonchev–Trinajstić information content (AvgIpc) is 3.01. The quantitative estimate of drug-likeness (QED) is 0.259. The molecular formula is C34H43ClS8. The van der Waals surface area contributed by atoms with Gasteiger partial charge in [-0.15, -0.1) is 70.6 Å². The Balaban J connectivity index is 1.47. The predicted octanol–water partition coefficient (Wildman–Crippen LogP) is 12.0. The monoisotopic (exact) mass is 742 g/mol. The molecule has 2 saturated heterocycles. The van der Waals surface area contributed by atoms with E-state index < -0.39 is 0 Å². The fraction of sp³-hybridized carbons (Fsp3) is 0.529. The average molecular weight is 744 g/mol. The summed E-state index contributed by atoms with van der Waals surface area (Å²) in [6.45, 7) is 9.20. The minimum absolute atomic E-state index is 0.625. The Morgan fingerprint density at radius 3 is 1.51 bits per heavy atom. The Morgan fingerprint density at radius 1 is 0.605 bits per heavy atom. The van der Waals surface area contributed by atoms with E-state index in [4.69, 9.17) is 11.6 Å². The van der Waals surface area contributed by atoms with E-state index in [1.807, 2.05) is 0 Å². The van der Waals surface area contributed by atoms with Crippen LogP contribution in [-0.4, -0.2) is 54.2 Å². The van der Waals surface area contributed by atoms with Gasteiger partial charge >= 0.3 is 0 Å². The van der Waals surface area contributed by atoms with Crippen LogP contribution in [0.5, 0.6) is 0 Å². The summed E-state index contributed by atoms with van der Waals surface area (Å²) in [6.07, 6.45) is 3.90. The van der Waals surface area contributed by atoms with Gasteiger partial charge in [0.1, 0.15) is 0 Å².